The lowest BCUT2D eigenvalue weighted by atomic mass is 9.80. The molecule has 0 saturated heterocycles. The van der Waals surface area contributed by atoms with Gasteiger partial charge in [-0.15, -0.1) is 0 Å². The molecule has 0 aliphatic heterocycles. The molecule has 4 nitrogen and oxygen atoms in total. The topological polar surface area (TPSA) is 65.2 Å². The molecule has 0 radical (unpaired) electrons. The van der Waals surface area contributed by atoms with Crippen LogP contribution in [0.25, 0.3) is 0 Å². The fourth-order valence-corrected chi connectivity index (χ4v) is 1.06. The molecular weight excluding hydrogens is 192 g/mol. The van der Waals surface area contributed by atoms with Crippen molar-refractivity contribution in [1.29, 1.82) is 0 Å². The normalized spacial score (nSPS) is 15.6. The van der Waals surface area contributed by atoms with Gasteiger partial charge in [0.1, 0.15) is 0 Å². The van der Waals surface area contributed by atoms with Crippen LogP contribution < -0.4 is 0 Å². The van der Waals surface area contributed by atoms with Crippen LogP contribution in [0.1, 0.15) is 48.0 Å². The molecule has 0 saturated carbocycles. The first kappa shape index (κ1) is 13.9. The highest BCUT2D eigenvalue weighted by Gasteiger charge is 2.27. The predicted molar refractivity (Wildman–Crippen MR) is 62.0 cm³/mol. The number of oxime groups is 2. The summed E-state index contributed by atoms with van der Waals surface area (Å²) in [5.74, 6) is 0. The van der Waals surface area contributed by atoms with Crippen molar-refractivity contribution in [2.45, 2.75) is 48.0 Å². The third kappa shape index (κ3) is 4.32. The van der Waals surface area contributed by atoms with Crippen LogP contribution in [0.4, 0.5) is 0 Å². The molecular formula is C11H22N2O2. The highest BCUT2D eigenvalue weighted by molar-refractivity contribution is 6.07. The van der Waals surface area contributed by atoms with Crippen LogP contribution in [0, 0.1) is 10.8 Å². The molecule has 0 bridgehead atoms. The van der Waals surface area contributed by atoms with Crippen LogP contribution in [0.5, 0.6) is 0 Å². The van der Waals surface area contributed by atoms with Gasteiger partial charge in [-0.05, 0) is 0 Å². The molecule has 0 heterocycles. The number of nitrogens with zero attached hydrogens (tertiary/aromatic N) is 2. The molecule has 0 aliphatic carbocycles. The molecule has 15 heavy (non-hydrogen) atoms. The lowest BCUT2D eigenvalue weighted by Gasteiger charge is -2.25. The van der Waals surface area contributed by atoms with Gasteiger partial charge in [0.05, 0.1) is 11.4 Å². The smallest absolute Gasteiger partial charge is 0.0681 e. The Bertz CT molecular complexity index is 239. The Morgan fingerprint density at radius 1 is 0.800 bits per heavy atom. The van der Waals surface area contributed by atoms with Gasteiger partial charge in [0.15, 0.2) is 0 Å². The van der Waals surface area contributed by atoms with Crippen LogP contribution in [0.3, 0.4) is 0 Å². The molecule has 0 aromatic rings. The third-order valence-electron chi connectivity index (χ3n) is 2.31. The van der Waals surface area contributed by atoms with E-state index in [1.807, 2.05) is 41.5 Å². The second-order valence-corrected chi connectivity index (χ2v) is 5.77. The SMILES string of the molecule is CC(C)(C)/C(C/C(=N/O)C(C)(C)C)=N\O. The second kappa shape index (κ2) is 4.64. The standard InChI is InChI=1S/C11H22N2O2/c1-10(2,3)8(12-14)7-9(13-15)11(4,5)6/h14-15H,7H2,1-6H3/b12-8-,13-9-. The van der Waals surface area contributed by atoms with Gasteiger partial charge in [-0.1, -0.05) is 51.9 Å². The predicted octanol–water partition coefficient (Wildman–Crippen LogP) is 3.13. The lowest BCUT2D eigenvalue weighted by Crippen LogP contribution is -2.29. The first-order valence-corrected chi connectivity index (χ1v) is 5.05. The summed E-state index contributed by atoms with van der Waals surface area (Å²) < 4.78 is 0. The van der Waals surface area contributed by atoms with Crippen LogP contribution in [0.15, 0.2) is 10.3 Å². The monoisotopic (exact) mass is 214 g/mol. The van der Waals surface area contributed by atoms with E-state index in [9.17, 15) is 0 Å². The maximum Gasteiger partial charge on any atom is 0.0681 e. The fraction of sp³-hybridized carbons (Fsp3) is 0.818. The Kier molecular flexibility index (Phi) is 4.31. The van der Waals surface area contributed by atoms with Gasteiger partial charge in [-0.25, -0.2) is 0 Å². The van der Waals surface area contributed by atoms with Crippen LogP contribution in [-0.2, 0) is 0 Å². The zero-order valence-corrected chi connectivity index (χ0v) is 10.5. The maximum absolute atomic E-state index is 8.92. The summed E-state index contributed by atoms with van der Waals surface area (Å²) in [7, 11) is 0. The van der Waals surface area contributed by atoms with Crippen molar-refractivity contribution < 1.29 is 10.4 Å². The summed E-state index contributed by atoms with van der Waals surface area (Å²) in [6.45, 7) is 11.7. The molecule has 2 N–H and O–H groups in total. The molecule has 0 atom stereocenters. The van der Waals surface area contributed by atoms with Crippen molar-refractivity contribution in [3.8, 4) is 0 Å². The minimum atomic E-state index is -0.226. The zero-order valence-electron chi connectivity index (χ0n) is 10.5. The minimum absolute atomic E-state index is 0.226. The van der Waals surface area contributed by atoms with Crippen molar-refractivity contribution in [1.82, 2.24) is 0 Å². The Morgan fingerprint density at radius 3 is 1.20 bits per heavy atom. The Hall–Kier alpha value is -1.06. The summed E-state index contributed by atoms with van der Waals surface area (Å²) in [5.41, 5.74) is 0.779. The number of rotatable bonds is 2. The van der Waals surface area contributed by atoms with E-state index >= 15 is 0 Å². The average molecular weight is 214 g/mol. The van der Waals surface area contributed by atoms with Gasteiger partial charge >= 0.3 is 0 Å². The molecule has 0 aromatic carbocycles. The molecule has 0 spiro atoms. The quantitative estimate of drug-likeness (QED) is 0.421. The number of hydrogen-bond acceptors (Lipinski definition) is 4. The highest BCUT2D eigenvalue weighted by atomic mass is 16.4. The van der Waals surface area contributed by atoms with Gasteiger partial charge in [-0.2, -0.15) is 0 Å². The Balaban J connectivity index is 4.87. The van der Waals surface area contributed by atoms with E-state index in [1.54, 1.807) is 0 Å². The zero-order chi connectivity index (χ0) is 12.3. The third-order valence-corrected chi connectivity index (χ3v) is 2.31. The summed E-state index contributed by atoms with van der Waals surface area (Å²) >= 11 is 0. The largest absolute Gasteiger partial charge is 0.411 e. The maximum atomic E-state index is 8.92. The van der Waals surface area contributed by atoms with Gasteiger partial charge < -0.3 is 10.4 Å². The van der Waals surface area contributed by atoms with Crippen LogP contribution >= 0.6 is 0 Å². The lowest BCUT2D eigenvalue weighted by molar-refractivity contribution is 0.304. The fourth-order valence-electron chi connectivity index (χ4n) is 1.06. The summed E-state index contributed by atoms with van der Waals surface area (Å²) in [5, 5.41) is 24.4. The molecule has 0 rings (SSSR count). The van der Waals surface area contributed by atoms with Crippen LogP contribution in [-0.4, -0.2) is 21.8 Å². The highest BCUT2D eigenvalue weighted by Crippen LogP contribution is 2.24. The molecule has 0 unspecified atom stereocenters. The summed E-state index contributed by atoms with van der Waals surface area (Å²) in [4.78, 5) is 0. The van der Waals surface area contributed by atoms with E-state index in [1.165, 1.54) is 0 Å². The summed E-state index contributed by atoms with van der Waals surface area (Å²) in [6.07, 6.45) is 0.389. The van der Waals surface area contributed by atoms with Crippen LogP contribution in [0.2, 0.25) is 0 Å². The Labute approximate surface area is 91.7 Å². The van der Waals surface area contributed by atoms with E-state index in [2.05, 4.69) is 10.3 Å². The van der Waals surface area contributed by atoms with Gasteiger partial charge in [0.2, 0.25) is 0 Å². The van der Waals surface area contributed by atoms with Crippen molar-refractivity contribution >= 4 is 11.4 Å². The van der Waals surface area contributed by atoms with Crippen molar-refractivity contribution in [3.63, 3.8) is 0 Å². The van der Waals surface area contributed by atoms with Crippen molar-refractivity contribution in [2.75, 3.05) is 0 Å². The molecule has 88 valence electrons. The van der Waals surface area contributed by atoms with Gasteiger partial charge in [0.25, 0.3) is 0 Å². The molecule has 4 heteroatoms. The molecule has 0 aliphatic rings. The molecule has 0 aromatic heterocycles. The van der Waals surface area contributed by atoms with E-state index < -0.39 is 0 Å². The van der Waals surface area contributed by atoms with E-state index in [0.717, 1.165) is 0 Å². The van der Waals surface area contributed by atoms with Gasteiger partial charge in [-0.3, -0.25) is 0 Å². The van der Waals surface area contributed by atoms with Crippen molar-refractivity contribution in [2.24, 2.45) is 21.1 Å². The molecule has 0 amide bonds. The van der Waals surface area contributed by atoms with Gasteiger partial charge in [0, 0.05) is 17.3 Å². The molecule has 0 fully saturated rings. The van der Waals surface area contributed by atoms with E-state index in [0.29, 0.717) is 17.8 Å². The summed E-state index contributed by atoms with van der Waals surface area (Å²) in [6, 6.07) is 0. The van der Waals surface area contributed by atoms with E-state index in [4.69, 9.17) is 10.4 Å². The average Bonchev–Trinajstić information content (AvgIpc) is 2.01. The number of hydrogen-bond donors (Lipinski definition) is 2. The first-order valence-electron chi connectivity index (χ1n) is 5.05. The minimum Gasteiger partial charge on any atom is -0.411 e. The Morgan fingerprint density at radius 2 is 1.07 bits per heavy atom. The first-order chi connectivity index (χ1) is 6.62. The van der Waals surface area contributed by atoms with E-state index in [-0.39, 0.29) is 10.8 Å². The van der Waals surface area contributed by atoms with Crippen molar-refractivity contribution in [3.05, 3.63) is 0 Å². The second-order valence-electron chi connectivity index (χ2n) is 5.77.